The van der Waals surface area contributed by atoms with E-state index in [1.165, 1.54) is 0 Å². The molecule has 0 aliphatic rings. The molecule has 1 atom stereocenters. The lowest BCUT2D eigenvalue weighted by molar-refractivity contribution is -0.107. The van der Waals surface area contributed by atoms with Gasteiger partial charge in [0.25, 0.3) is 0 Å². The van der Waals surface area contributed by atoms with Crippen molar-refractivity contribution in [3.8, 4) is 0 Å². The number of aromatic nitrogens is 2. The second kappa shape index (κ2) is 6.33. The maximum absolute atomic E-state index is 9.10. The van der Waals surface area contributed by atoms with E-state index >= 15 is 0 Å². The van der Waals surface area contributed by atoms with Crippen LogP contribution >= 0.6 is 28.4 Å². The molecule has 0 amide bonds. The topological polar surface area (TPSA) is 58.3 Å². The molecule has 0 spiro atoms. The van der Waals surface area contributed by atoms with Crippen molar-refractivity contribution in [2.45, 2.75) is 38.9 Å². The summed E-state index contributed by atoms with van der Waals surface area (Å²) in [6, 6.07) is 0. The Bertz CT molecular complexity index is 308. The summed E-state index contributed by atoms with van der Waals surface area (Å²) in [5.74, 6) is 0. The van der Waals surface area contributed by atoms with Crippen molar-refractivity contribution in [2.24, 2.45) is 0 Å². The van der Waals surface area contributed by atoms with E-state index < -0.39 is 11.2 Å². The third kappa shape index (κ3) is 6.18. The van der Waals surface area contributed by atoms with Gasteiger partial charge in [-0.2, -0.15) is 5.10 Å². The molecule has 1 heterocycles. The minimum atomic E-state index is -1.01. The molecule has 90 valence electrons. The molecule has 0 aliphatic carbocycles. The zero-order valence-electron chi connectivity index (χ0n) is 9.90. The third-order valence-electron chi connectivity index (χ3n) is 2.19. The normalized spacial score (nSPS) is 12.7. The molecule has 1 rings (SSSR count). The van der Waals surface area contributed by atoms with Gasteiger partial charge in [-0.25, -0.2) is 4.45 Å². The first-order valence-corrected chi connectivity index (χ1v) is 8.75. The SMILES string of the molecule is CC(C)(O)C(C)(C)O.[B]c1cnn(PI)c1. The summed E-state index contributed by atoms with van der Waals surface area (Å²) in [5, 5.41) is 22.1. The fourth-order valence-corrected chi connectivity index (χ4v) is 1.47. The van der Waals surface area contributed by atoms with E-state index in [0.29, 0.717) is 6.37 Å². The lowest BCUT2D eigenvalue weighted by Gasteiger charge is -2.31. The lowest BCUT2D eigenvalue weighted by Crippen LogP contribution is -2.44. The van der Waals surface area contributed by atoms with Gasteiger partial charge in [-0.15, -0.1) is 0 Å². The molecule has 1 unspecified atom stereocenters. The molecule has 2 radical (unpaired) electrons. The van der Waals surface area contributed by atoms with Crippen molar-refractivity contribution >= 4 is 41.7 Å². The van der Waals surface area contributed by atoms with Crippen LogP contribution in [-0.2, 0) is 0 Å². The number of rotatable bonds is 2. The zero-order valence-corrected chi connectivity index (χ0v) is 13.1. The highest BCUT2D eigenvalue weighted by Gasteiger charge is 2.31. The Hall–Kier alpha value is 0.355. The van der Waals surface area contributed by atoms with Crippen LogP contribution in [0.1, 0.15) is 27.7 Å². The summed E-state index contributed by atoms with van der Waals surface area (Å²) in [6.07, 6.45) is 4.10. The van der Waals surface area contributed by atoms with E-state index in [1.54, 1.807) is 38.3 Å². The number of aliphatic hydroxyl groups is 2. The molecule has 0 fully saturated rings. The van der Waals surface area contributed by atoms with E-state index in [2.05, 4.69) is 27.1 Å². The predicted octanol–water partition coefficient (Wildman–Crippen LogP) is 0.997. The summed E-state index contributed by atoms with van der Waals surface area (Å²) in [4.78, 5) is 0. The first-order chi connectivity index (χ1) is 7.08. The summed E-state index contributed by atoms with van der Waals surface area (Å²) in [6.45, 7) is 6.31. The zero-order chi connectivity index (χ0) is 13.0. The largest absolute Gasteiger partial charge is 0.387 e. The van der Waals surface area contributed by atoms with Crippen LogP contribution in [0.3, 0.4) is 0 Å². The van der Waals surface area contributed by atoms with Gasteiger partial charge in [0.15, 0.2) is 0 Å². The highest BCUT2D eigenvalue weighted by atomic mass is 127. The molecule has 0 saturated heterocycles. The predicted molar refractivity (Wildman–Crippen MR) is 77.9 cm³/mol. The van der Waals surface area contributed by atoms with Crippen LogP contribution in [0.2, 0.25) is 0 Å². The van der Waals surface area contributed by atoms with Crippen molar-refractivity contribution < 1.29 is 10.2 Å². The van der Waals surface area contributed by atoms with Crippen LogP contribution in [0.25, 0.3) is 0 Å². The molecular formula is C9H17BIN2O2P. The maximum Gasteiger partial charge on any atom is 0.118 e. The molecule has 0 bridgehead atoms. The lowest BCUT2D eigenvalue weighted by atomic mass is 9.90. The average Bonchev–Trinajstić information content (AvgIpc) is 2.48. The molecule has 0 aromatic carbocycles. The Morgan fingerprint density at radius 1 is 1.31 bits per heavy atom. The summed E-state index contributed by atoms with van der Waals surface area (Å²) < 4.78 is 1.80. The minimum Gasteiger partial charge on any atom is -0.387 e. The van der Waals surface area contributed by atoms with Crippen molar-refractivity contribution in [2.75, 3.05) is 0 Å². The Balaban J connectivity index is 0.000000281. The second-order valence-corrected chi connectivity index (χ2v) is 6.50. The average molecular weight is 354 g/mol. The van der Waals surface area contributed by atoms with E-state index in [9.17, 15) is 0 Å². The van der Waals surface area contributed by atoms with Crippen LogP contribution in [0, 0.1) is 0 Å². The highest BCUT2D eigenvalue weighted by molar-refractivity contribution is 14.2. The molecule has 1 aromatic heterocycles. The smallest absolute Gasteiger partial charge is 0.118 e. The van der Waals surface area contributed by atoms with Gasteiger partial charge >= 0.3 is 0 Å². The molecule has 0 aliphatic heterocycles. The first kappa shape index (κ1) is 16.4. The van der Waals surface area contributed by atoms with Gasteiger partial charge in [0.05, 0.1) is 17.6 Å². The number of hydrogen-bond acceptors (Lipinski definition) is 3. The monoisotopic (exact) mass is 354 g/mol. The molecule has 4 nitrogen and oxygen atoms in total. The molecule has 7 heteroatoms. The van der Waals surface area contributed by atoms with Crippen LogP contribution in [0.15, 0.2) is 12.4 Å². The fourth-order valence-electron chi connectivity index (χ4n) is 0.383. The van der Waals surface area contributed by atoms with E-state index in [-0.39, 0.29) is 0 Å². The van der Waals surface area contributed by atoms with Gasteiger partial charge in [-0.1, -0.05) is 5.46 Å². The van der Waals surface area contributed by atoms with Crippen LogP contribution in [-0.4, -0.2) is 38.8 Å². The number of nitrogens with zero attached hydrogens (tertiary/aromatic N) is 2. The van der Waals surface area contributed by atoms with Gasteiger partial charge in [0.1, 0.15) is 7.85 Å². The molecular weight excluding hydrogens is 337 g/mol. The van der Waals surface area contributed by atoms with Crippen molar-refractivity contribution in [1.82, 2.24) is 9.55 Å². The summed E-state index contributed by atoms with van der Waals surface area (Å²) >= 11 is 2.24. The van der Waals surface area contributed by atoms with E-state index in [0.717, 1.165) is 5.46 Å². The van der Waals surface area contributed by atoms with Crippen LogP contribution in [0.5, 0.6) is 0 Å². The maximum atomic E-state index is 9.10. The highest BCUT2D eigenvalue weighted by Crippen LogP contribution is 2.20. The third-order valence-corrected chi connectivity index (χ3v) is 4.09. The van der Waals surface area contributed by atoms with Crippen molar-refractivity contribution in [3.63, 3.8) is 0 Å². The van der Waals surface area contributed by atoms with Gasteiger partial charge in [-0.05, 0) is 49.7 Å². The molecule has 0 saturated carbocycles. The second-order valence-electron chi connectivity index (χ2n) is 4.42. The standard InChI is InChI=1S/C6H14O2.C3H3BIN2P/c1-5(2,7)6(3,4)8;4-3-1-6-7(2-3)8-5/h7-8H,1-4H3;1-2,8H. The van der Waals surface area contributed by atoms with Crippen LogP contribution in [0.4, 0.5) is 0 Å². The van der Waals surface area contributed by atoms with Gasteiger partial charge in [-0.3, -0.25) is 0 Å². The van der Waals surface area contributed by atoms with E-state index in [1.807, 2.05) is 6.20 Å². The van der Waals surface area contributed by atoms with Gasteiger partial charge in [0, 0.05) is 12.4 Å². The minimum absolute atomic E-state index is 0.646. The number of halogens is 1. The van der Waals surface area contributed by atoms with E-state index in [4.69, 9.17) is 18.1 Å². The molecule has 16 heavy (non-hydrogen) atoms. The first-order valence-electron chi connectivity index (χ1n) is 4.69. The van der Waals surface area contributed by atoms with Gasteiger partial charge in [0.2, 0.25) is 0 Å². The Morgan fingerprint density at radius 2 is 1.75 bits per heavy atom. The summed E-state index contributed by atoms with van der Waals surface area (Å²) in [5.41, 5.74) is -1.28. The summed E-state index contributed by atoms with van der Waals surface area (Å²) in [7, 11) is 5.37. The Labute approximate surface area is 113 Å². The van der Waals surface area contributed by atoms with Crippen LogP contribution < -0.4 is 5.46 Å². The van der Waals surface area contributed by atoms with Gasteiger partial charge < -0.3 is 10.2 Å². The Kier molecular flexibility index (Phi) is 6.47. The quantitative estimate of drug-likeness (QED) is 0.473. The van der Waals surface area contributed by atoms with Crippen molar-refractivity contribution in [1.29, 1.82) is 0 Å². The fraction of sp³-hybridized carbons (Fsp3) is 0.667. The molecule has 2 N–H and O–H groups in total. The Morgan fingerprint density at radius 3 is 1.88 bits per heavy atom. The van der Waals surface area contributed by atoms with Crippen molar-refractivity contribution in [3.05, 3.63) is 12.4 Å². The molecule has 1 aromatic rings. The number of hydrogen-bond donors (Lipinski definition) is 2.